The van der Waals surface area contributed by atoms with Crippen LogP contribution in [0.3, 0.4) is 0 Å². The van der Waals surface area contributed by atoms with Crippen LogP contribution in [0.1, 0.15) is 47.5 Å². The third-order valence-corrected chi connectivity index (χ3v) is 4.54. The second-order valence-corrected chi connectivity index (χ2v) is 6.21. The summed E-state index contributed by atoms with van der Waals surface area (Å²) in [7, 11) is 1.65. The molecule has 3 heterocycles. The number of nitrogens with zero attached hydrogens (tertiary/aromatic N) is 4. The fourth-order valence-electron chi connectivity index (χ4n) is 3.05. The number of aromatic nitrogens is 4. The van der Waals surface area contributed by atoms with E-state index in [0.29, 0.717) is 36.3 Å². The molecule has 8 heteroatoms. The zero-order chi connectivity index (χ0) is 15.8. The fraction of sp³-hybridized carbons (Fsp3) is 0.600. The summed E-state index contributed by atoms with van der Waals surface area (Å²) in [6, 6.07) is -0.182. The highest BCUT2D eigenvalue weighted by Crippen LogP contribution is 2.34. The van der Waals surface area contributed by atoms with E-state index >= 15 is 0 Å². The predicted octanol–water partition coefficient (Wildman–Crippen LogP) is 1.35. The van der Waals surface area contributed by atoms with Crippen LogP contribution < -0.4 is 0 Å². The Bertz CT molecular complexity index is 679. The second-order valence-electron chi connectivity index (χ2n) is 6.21. The normalized spacial score (nSPS) is 24.3. The molecule has 1 aliphatic carbocycles. The van der Waals surface area contributed by atoms with E-state index < -0.39 is 0 Å². The molecule has 1 amide bonds. The van der Waals surface area contributed by atoms with Crippen molar-refractivity contribution in [1.29, 1.82) is 0 Å². The fourth-order valence-corrected chi connectivity index (χ4v) is 3.05. The van der Waals surface area contributed by atoms with Gasteiger partial charge in [0.15, 0.2) is 11.6 Å². The summed E-state index contributed by atoms with van der Waals surface area (Å²) in [5, 5.41) is 6.72. The number of ether oxygens (including phenoxy) is 1. The summed E-state index contributed by atoms with van der Waals surface area (Å²) in [6.07, 6.45) is 6.83. The molecule has 23 heavy (non-hydrogen) atoms. The molecule has 2 aliphatic rings. The van der Waals surface area contributed by atoms with Gasteiger partial charge in [-0.25, -0.2) is 9.97 Å². The van der Waals surface area contributed by atoms with Crippen molar-refractivity contribution in [3.63, 3.8) is 0 Å². The van der Waals surface area contributed by atoms with E-state index in [2.05, 4.69) is 20.2 Å². The Balaban J connectivity index is 1.54. The predicted molar refractivity (Wildman–Crippen MR) is 78.5 cm³/mol. The number of methoxy groups -OCH3 is 1. The standard InChI is InChI=1S/C15H19N5O3/c1-22-10-5-12(14-16-8-17-19-14)20(6-10)15(21)11-7-23-13(18-11)4-9-2-3-9/h7-10,12H,2-6H2,1H3,(H,16,17,19)/t10-,12+/m1/s1. The lowest BCUT2D eigenvalue weighted by atomic mass is 10.2. The molecule has 2 fully saturated rings. The van der Waals surface area contributed by atoms with E-state index in [0.717, 1.165) is 6.42 Å². The first-order valence-electron chi connectivity index (χ1n) is 7.88. The summed E-state index contributed by atoms with van der Waals surface area (Å²) in [6.45, 7) is 0.505. The maximum Gasteiger partial charge on any atom is 0.276 e. The number of rotatable bonds is 5. The third-order valence-electron chi connectivity index (χ3n) is 4.54. The molecule has 122 valence electrons. The third kappa shape index (κ3) is 2.86. The van der Waals surface area contributed by atoms with Gasteiger partial charge in [-0.2, -0.15) is 5.10 Å². The van der Waals surface area contributed by atoms with Crippen LogP contribution in [0.5, 0.6) is 0 Å². The molecule has 8 nitrogen and oxygen atoms in total. The first-order valence-corrected chi connectivity index (χ1v) is 7.88. The van der Waals surface area contributed by atoms with Crippen LogP contribution >= 0.6 is 0 Å². The maximum absolute atomic E-state index is 12.8. The lowest BCUT2D eigenvalue weighted by Gasteiger charge is -2.21. The summed E-state index contributed by atoms with van der Waals surface area (Å²) in [4.78, 5) is 23.1. The number of H-pyrrole nitrogens is 1. The van der Waals surface area contributed by atoms with E-state index in [1.165, 1.54) is 25.4 Å². The summed E-state index contributed by atoms with van der Waals surface area (Å²) in [5.41, 5.74) is 0.349. The van der Waals surface area contributed by atoms with E-state index in [1.54, 1.807) is 12.0 Å². The molecular weight excluding hydrogens is 298 g/mol. The van der Waals surface area contributed by atoms with E-state index in [9.17, 15) is 4.79 Å². The minimum Gasteiger partial charge on any atom is -0.448 e. The molecule has 1 saturated carbocycles. The van der Waals surface area contributed by atoms with Crippen molar-refractivity contribution >= 4 is 5.91 Å². The van der Waals surface area contributed by atoms with Crippen molar-refractivity contribution < 1.29 is 13.9 Å². The van der Waals surface area contributed by atoms with Crippen LogP contribution in [0, 0.1) is 5.92 Å². The topological polar surface area (TPSA) is 97.1 Å². The first-order chi connectivity index (χ1) is 11.2. The lowest BCUT2D eigenvalue weighted by Crippen LogP contribution is -2.32. The molecule has 1 N–H and O–H groups in total. The van der Waals surface area contributed by atoms with E-state index in [4.69, 9.17) is 9.15 Å². The average molecular weight is 317 g/mol. The first kappa shape index (κ1) is 14.4. The van der Waals surface area contributed by atoms with E-state index in [-0.39, 0.29) is 18.1 Å². The van der Waals surface area contributed by atoms with Gasteiger partial charge in [-0.3, -0.25) is 9.89 Å². The highest BCUT2D eigenvalue weighted by atomic mass is 16.5. The van der Waals surface area contributed by atoms with Gasteiger partial charge in [0.1, 0.15) is 18.4 Å². The lowest BCUT2D eigenvalue weighted by molar-refractivity contribution is 0.0678. The van der Waals surface area contributed by atoms with Gasteiger partial charge in [-0.05, 0) is 18.8 Å². The number of hydrogen-bond donors (Lipinski definition) is 1. The zero-order valence-corrected chi connectivity index (χ0v) is 12.9. The Morgan fingerprint density at radius 1 is 1.52 bits per heavy atom. The molecule has 0 unspecified atom stereocenters. The summed E-state index contributed by atoms with van der Waals surface area (Å²) < 4.78 is 10.9. The Kier molecular flexibility index (Phi) is 3.60. The second kappa shape index (κ2) is 5.77. The Morgan fingerprint density at radius 2 is 2.39 bits per heavy atom. The number of aromatic amines is 1. The Hall–Kier alpha value is -2.22. The molecule has 2 aromatic rings. The van der Waals surface area contributed by atoms with Crippen molar-refractivity contribution in [2.75, 3.05) is 13.7 Å². The van der Waals surface area contributed by atoms with Crippen molar-refractivity contribution in [1.82, 2.24) is 25.1 Å². The van der Waals surface area contributed by atoms with Gasteiger partial charge >= 0.3 is 0 Å². The summed E-state index contributed by atoms with van der Waals surface area (Å²) in [5.74, 6) is 1.83. The number of nitrogens with one attached hydrogen (secondary N) is 1. The van der Waals surface area contributed by atoms with Gasteiger partial charge < -0.3 is 14.1 Å². The molecule has 2 aromatic heterocycles. The number of oxazole rings is 1. The largest absolute Gasteiger partial charge is 0.448 e. The molecule has 2 atom stereocenters. The minimum atomic E-state index is -0.182. The van der Waals surface area contributed by atoms with Crippen LogP contribution in [0.25, 0.3) is 0 Å². The Labute approximate surface area is 133 Å². The molecule has 0 spiro atoms. The molecule has 1 aliphatic heterocycles. The van der Waals surface area contributed by atoms with Crippen LogP contribution in [0.4, 0.5) is 0 Å². The quantitative estimate of drug-likeness (QED) is 0.894. The van der Waals surface area contributed by atoms with Crippen LogP contribution in [-0.4, -0.2) is 50.7 Å². The molecule has 1 saturated heterocycles. The number of carbonyl (C=O) groups excluding carboxylic acids is 1. The molecule has 0 bridgehead atoms. The number of amides is 1. The van der Waals surface area contributed by atoms with E-state index in [1.807, 2.05) is 0 Å². The smallest absolute Gasteiger partial charge is 0.276 e. The molecule has 4 rings (SSSR count). The highest BCUT2D eigenvalue weighted by Gasteiger charge is 2.39. The number of carbonyl (C=O) groups is 1. The monoisotopic (exact) mass is 317 g/mol. The maximum atomic E-state index is 12.8. The van der Waals surface area contributed by atoms with Crippen LogP contribution in [0.2, 0.25) is 0 Å². The van der Waals surface area contributed by atoms with Gasteiger partial charge in [-0.15, -0.1) is 0 Å². The minimum absolute atomic E-state index is 0.0214. The van der Waals surface area contributed by atoms with Crippen LogP contribution in [-0.2, 0) is 11.2 Å². The summed E-state index contributed by atoms with van der Waals surface area (Å²) >= 11 is 0. The van der Waals surface area contributed by atoms with Crippen molar-refractivity contribution in [3.05, 3.63) is 30.0 Å². The molecule has 0 radical (unpaired) electrons. The Morgan fingerprint density at radius 3 is 3.09 bits per heavy atom. The van der Waals surface area contributed by atoms with Gasteiger partial charge in [0.05, 0.1) is 12.1 Å². The average Bonchev–Trinajstić information content (AvgIpc) is 3.03. The van der Waals surface area contributed by atoms with Gasteiger partial charge in [0, 0.05) is 26.5 Å². The highest BCUT2D eigenvalue weighted by molar-refractivity contribution is 5.92. The van der Waals surface area contributed by atoms with Crippen molar-refractivity contribution in [2.24, 2.45) is 5.92 Å². The van der Waals surface area contributed by atoms with Gasteiger partial charge in [0.25, 0.3) is 5.91 Å². The SMILES string of the molecule is CO[C@@H]1C[C@@H](c2ncn[nH]2)N(C(=O)c2coc(CC3CC3)n2)C1. The van der Waals surface area contributed by atoms with Crippen molar-refractivity contribution in [3.8, 4) is 0 Å². The molecule has 0 aromatic carbocycles. The van der Waals surface area contributed by atoms with Gasteiger partial charge in [0.2, 0.25) is 0 Å². The van der Waals surface area contributed by atoms with Gasteiger partial charge in [-0.1, -0.05) is 0 Å². The van der Waals surface area contributed by atoms with Crippen LogP contribution in [0.15, 0.2) is 17.0 Å². The number of likely N-dealkylation sites (tertiary alicyclic amines) is 1. The van der Waals surface area contributed by atoms with Crippen molar-refractivity contribution in [2.45, 2.75) is 37.8 Å². The number of hydrogen-bond acceptors (Lipinski definition) is 6. The zero-order valence-electron chi connectivity index (χ0n) is 12.9. The molecular formula is C15H19N5O3.